The molecule has 0 bridgehead atoms. The van der Waals surface area contributed by atoms with Gasteiger partial charge in [0.2, 0.25) is 5.95 Å². The van der Waals surface area contributed by atoms with Gasteiger partial charge in [0.05, 0.1) is 15.4 Å². The molecule has 3 aromatic rings. The molecule has 0 aliphatic carbocycles. The minimum Gasteiger partial charge on any atom is -0.354 e. The van der Waals surface area contributed by atoms with Gasteiger partial charge < -0.3 is 20.4 Å². The number of amides is 1. The molecule has 1 amide bonds. The zero-order chi connectivity index (χ0) is 24.6. The Balaban J connectivity index is 1.24. The number of benzene rings is 1. The predicted molar refractivity (Wildman–Crippen MR) is 145 cm³/mol. The summed E-state index contributed by atoms with van der Waals surface area (Å²) in [6, 6.07) is 11.0. The number of rotatable bonds is 10. The third-order valence-corrected chi connectivity index (χ3v) is 7.66. The van der Waals surface area contributed by atoms with E-state index >= 15 is 0 Å². The minimum absolute atomic E-state index is 0.109. The summed E-state index contributed by atoms with van der Waals surface area (Å²) in [7, 11) is 2.17. The second-order valence-electron chi connectivity index (χ2n) is 8.60. The van der Waals surface area contributed by atoms with E-state index in [9.17, 15) is 4.79 Å². The van der Waals surface area contributed by atoms with Crippen LogP contribution in [0.2, 0.25) is 10.0 Å². The van der Waals surface area contributed by atoms with E-state index in [0.29, 0.717) is 33.8 Å². The second kappa shape index (κ2) is 12.6. The maximum absolute atomic E-state index is 12.6. The highest BCUT2D eigenvalue weighted by Crippen LogP contribution is 2.27. The highest BCUT2D eigenvalue weighted by molar-refractivity contribution is 7.17. The first-order valence-electron chi connectivity index (χ1n) is 11.8. The van der Waals surface area contributed by atoms with Crippen molar-refractivity contribution in [2.75, 3.05) is 58.2 Å². The van der Waals surface area contributed by atoms with Gasteiger partial charge in [-0.3, -0.25) is 4.79 Å². The summed E-state index contributed by atoms with van der Waals surface area (Å²) in [6.07, 6.45) is 3.43. The molecule has 1 saturated heterocycles. The van der Waals surface area contributed by atoms with Crippen molar-refractivity contribution in [2.45, 2.75) is 12.8 Å². The Morgan fingerprint density at radius 2 is 1.91 bits per heavy atom. The number of carbonyl (C=O) groups excluding carboxylic acids is 1. The molecule has 4 rings (SSSR count). The fourth-order valence-electron chi connectivity index (χ4n) is 3.88. The van der Waals surface area contributed by atoms with Crippen molar-refractivity contribution in [3.05, 3.63) is 63.1 Å². The Bertz CT molecular complexity index is 1130. The van der Waals surface area contributed by atoms with Crippen LogP contribution in [-0.2, 0) is 6.42 Å². The molecule has 3 heterocycles. The maximum Gasteiger partial charge on any atom is 0.261 e. The van der Waals surface area contributed by atoms with Crippen molar-refractivity contribution in [2.24, 2.45) is 0 Å². The lowest BCUT2D eigenvalue weighted by Gasteiger charge is -2.32. The van der Waals surface area contributed by atoms with Gasteiger partial charge in [-0.15, -0.1) is 11.3 Å². The molecule has 186 valence electrons. The summed E-state index contributed by atoms with van der Waals surface area (Å²) in [5, 5.41) is 7.50. The van der Waals surface area contributed by atoms with Gasteiger partial charge in [-0.25, -0.2) is 9.97 Å². The van der Waals surface area contributed by atoms with Crippen LogP contribution < -0.4 is 10.6 Å². The zero-order valence-electron chi connectivity index (χ0n) is 19.8. The highest BCUT2D eigenvalue weighted by atomic mass is 35.5. The molecule has 1 aliphatic rings. The van der Waals surface area contributed by atoms with E-state index in [0.717, 1.165) is 61.8 Å². The Morgan fingerprint density at radius 1 is 1.09 bits per heavy atom. The summed E-state index contributed by atoms with van der Waals surface area (Å²) in [6.45, 7) is 6.92. The molecular weight excluding hydrogens is 503 g/mol. The van der Waals surface area contributed by atoms with Gasteiger partial charge in [0.25, 0.3) is 5.91 Å². The molecule has 1 aliphatic heterocycles. The van der Waals surface area contributed by atoms with E-state index in [1.165, 1.54) is 11.3 Å². The average molecular weight is 534 g/mol. The average Bonchev–Trinajstić information content (AvgIpc) is 3.35. The number of halogens is 2. The SMILES string of the molecule is CN1CCN(CCCNc2nccc(-c3ccc(C(=O)NCCc4ccc(Cl)cc4Cl)s3)n2)CC1. The topological polar surface area (TPSA) is 73.4 Å². The minimum atomic E-state index is -0.109. The number of nitrogens with zero attached hydrogens (tertiary/aromatic N) is 4. The van der Waals surface area contributed by atoms with Crippen LogP contribution in [0.5, 0.6) is 0 Å². The van der Waals surface area contributed by atoms with Crippen LogP contribution in [0.25, 0.3) is 10.6 Å². The largest absolute Gasteiger partial charge is 0.354 e. The summed E-state index contributed by atoms with van der Waals surface area (Å²) >= 11 is 13.6. The van der Waals surface area contributed by atoms with Crippen molar-refractivity contribution >= 4 is 46.4 Å². The van der Waals surface area contributed by atoms with Crippen molar-refractivity contribution in [3.63, 3.8) is 0 Å². The Labute approximate surface area is 220 Å². The number of likely N-dealkylation sites (N-methyl/N-ethyl adjacent to an activating group) is 1. The van der Waals surface area contributed by atoms with E-state index < -0.39 is 0 Å². The van der Waals surface area contributed by atoms with Gasteiger partial charge in [-0.1, -0.05) is 29.3 Å². The molecule has 0 spiro atoms. The number of carbonyl (C=O) groups is 1. The quantitative estimate of drug-likeness (QED) is 0.373. The van der Waals surface area contributed by atoms with Gasteiger partial charge in [0.1, 0.15) is 0 Å². The summed E-state index contributed by atoms with van der Waals surface area (Å²) in [5.41, 5.74) is 1.76. The number of hydrogen-bond donors (Lipinski definition) is 2. The van der Waals surface area contributed by atoms with Crippen LogP contribution in [0, 0.1) is 0 Å². The Kier molecular flexibility index (Phi) is 9.34. The molecule has 0 saturated carbocycles. The van der Waals surface area contributed by atoms with Crippen LogP contribution >= 0.6 is 34.5 Å². The maximum atomic E-state index is 12.6. The van der Waals surface area contributed by atoms with Crippen LogP contribution in [0.3, 0.4) is 0 Å². The second-order valence-corrected chi connectivity index (χ2v) is 10.5. The monoisotopic (exact) mass is 532 g/mol. The molecule has 7 nitrogen and oxygen atoms in total. The lowest BCUT2D eigenvalue weighted by atomic mass is 10.1. The molecule has 1 aromatic carbocycles. The Morgan fingerprint density at radius 3 is 2.71 bits per heavy atom. The van der Waals surface area contributed by atoms with Gasteiger partial charge >= 0.3 is 0 Å². The highest BCUT2D eigenvalue weighted by Gasteiger charge is 2.14. The van der Waals surface area contributed by atoms with Crippen LogP contribution in [0.1, 0.15) is 21.7 Å². The summed E-state index contributed by atoms with van der Waals surface area (Å²) < 4.78 is 0. The smallest absolute Gasteiger partial charge is 0.261 e. The molecule has 2 aromatic heterocycles. The van der Waals surface area contributed by atoms with Gasteiger partial charge in [-0.2, -0.15) is 0 Å². The lowest BCUT2D eigenvalue weighted by molar-refractivity contribution is 0.0958. The molecular formula is C25H30Cl2N6OS. The number of piperazine rings is 1. The lowest BCUT2D eigenvalue weighted by Crippen LogP contribution is -2.44. The van der Waals surface area contributed by atoms with E-state index in [1.807, 2.05) is 24.3 Å². The molecule has 35 heavy (non-hydrogen) atoms. The van der Waals surface area contributed by atoms with Crippen molar-refractivity contribution in [1.29, 1.82) is 0 Å². The molecule has 0 radical (unpaired) electrons. The van der Waals surface area contributed by atoms with E-state index in [-0.39, 0.29) is 5.91 Å². The molecule has 10 heteroatoms. The van der Waals surface area contributed by atoms with Crippen LogP contribution in [0.4, 0.5) is 5.95 Å². The molecule has 2 N–H and O–H groups in total. The summed E-state index contributed by atoms with van der Waals surface area (Å²) in [5.74, 6) is 0.503. The molecule has 0 unspecified atom stereocenters. The van der Waals surface area contributed by atoms with Crippen molar-refractivity contribution in [3.8, 4) is 10.6 Å². The first kappa shape index (κ1) is 25.9. The van der Waals surface area contributed by atoms with Gasteiger partial charge in [-0.05, 0) is 62.3 Å². The first-order valence-corrected chi connectivity index (χ1v) is 13.4. The number of aromatic nitrogens is 2. The van der Waals surface area contributed by atoms with E-state index in [2.05, 4.69) is 37.4 Å². The fraction of sp³-hybridized carbons (Fsp3) is 0.400. The van der Waals surface area contributed by atoms with Crippen molar-refractivity contribution in [1.82, 2.24) is 25.1 Å². The van der Waals surface area contributed by atoms with Crippen molar-refractivity contribution < 1.29 is 4.79 Å². The Hall–Kier alpha value is -2.23. The zero-order valence-corrected chi connectivity index (χ0v) is 22.1. The molecule has 0 atom stereocenters. The van der Waals surface area contributed by atoms with Crippen LogP contribution in [-0.4, -0.2) is 78.5 Å². The van der Waals surface area contributed by atoms with E-state index in [1.54, 1.807) is 18.3 Å². The third-order valence-electron chi connectivity index (χ3n) is 5.96. The van der Waals surface area contributed by atoms with E-state index in [4.69, 9.17) is 23.2 Å². The number of hydrogen-bond acceptors (Lipinski definition) is 7. The van der Waals surface area contributed by atoms with Gasteiger partial charge in [0.15, 0.2) is 0 Å². The molecule has 1 fully saturated rings. The third kappa shape index (κ3) is 7.62. The summed E-state index contributed by atoms with van der Waals surface area (Å²) in [4.78, 5) is 28.0. The number of anilines is 1. The standard InChI is InChI=1S/C25H30Cl2N6OS/c1-32-13-15-33(16-14-32)12-2-9-29-25-30-11-8-21(31-25)22-5-6-23(35-22)24(34)28-10-7-18-3-4-19(26)17-20(18)27/h3-6,8,11,17H,2,7,9-10,12-16H2,1H3,(H,28,34)(H,29,30,31). The first-order chi connectivity index (χ1) is 17.0. The fourth-order valence-corrected chi connectivity index (χ4v) is 5.27. The predicted octanol–water partition coefficient (Wildman–Crippen LogP) is 4.53. The number of nitrogens with one attached hydrogen (secondary N) is 2. The number of thiophene rings is 1. The van der Waals surface area contributed by atoms with Gasteiger partial charge in [0, 0.05) is 55.5 Å². The van der Waals surface area contributed by atoms with Crippen LogP contribution in [0.15, 0.2) is 42.6 Å². The normalized spacial score (nSPS) is 14.7.